The van der Waals surface area contributed by atoms with Gasteiger partial charge in [0.05, 0.1) is 5.92 Å². The van der Waals surface area contributed by atoms with E-state index in [0.29, 0.717) is 18.6 Å². The van der Waals surface area contributed by atoms with Crippen molar-refractivity contribution in [2.45, 2.75) is 51.4 Å². The normalized spacial score (nSPS) is 30.2. The van der Waals surface area contributed by atoms with Gasteiger partial charge in [0.15, 0.2) is 5.76 Å². The van der Waals surface area contributed by atoms with Crippen LogP contribution in [-0.4, -0.2) is 33.6 Å². The molecule has 1 fully saturated rings. The highest BCUT2D eigenvalue weighted by Crippen LogP contribution is 2.50. The van der Waals surface area contributed by atoms with Crippen molar-refractivity contribution in [1.29, 1.82) is 0 Å². The van der Waals surface area contributed by atoms with Crippen molar-refractivity contribution in [2.75, 3.05) is 0 Å². The Balaban J connectivity index is 2.01. The van der Waals surface area contributed by atoms with Gasteiger partial charge < -0.3 is 9.52 Å². The van der Waals surface area contributed by atoms with Crippen LogP contribution in [-0.2, 0) is 0 Å². The molecule has 24 heavy (non-hydrogen) atoms. The van der Waals surface area contributed by atoms with Gasteiger partial charge in [-0.2, -0.15) is 23.3 Å². The van der Waals surface area contributed by atoms with Crippen LogP contribution >= 0.6 is 0 Å². The van der Waals surface area contributed by atoms with E-state index in [1.54, 1.807) is 6.92 Å². The number of hydrogen-bond donors (Lipinski definition) is 1. The predicted octanol–water partition coefficient (Wildman–Crippen LogP) is 3.48. The molecule has 1 saturated carbocycles. The van der Waals surface area contributed by atoms with Crippen molar-refractivity contribution >= 4 is 11.6 Å². The molecule has 2 heterocycles. The molecule has 0 aromatic carbocycles. The molecule has 5 nitrogen and oxygen atoms in total. The molecule has 1 aliphatic heterocycles. The van der Waals surface area contributed by atoms with E-state index in [-0.39, 0.29) is 28.8 Å². The van der Waals surface area contributed by atoms with Gasteiger partial charge in [0.1, 0.15) is 5.76 Å². The summed E-state index contributed by atoms with van der Waals surface area (Å²) in [6.07, 6.45) is -3.07. The molecule has 1 N–H and O–H groups in total. The highest BCUT2D eigenvalue weighted by Gasteiger charge is 2.69. The fraction of sp³-hybridized carbons (Fsp3) is 0.625. The quantitative estimate of drug-likeness (QED) is 0.893. The van der Waals surface area contributed by atoms with Gasteiger partial charge in [-0.3, -0.25) is 4.79 Å². The van der Waals surface area contributed by atoms with E-state index in [2.05, 4.69) is 5.10 Å². The van der Waals surface area contributed by atoms with Crippen molar-refractivity contribution in [3.8, 4) is 0 Å². The van der Waals surface area contributed by atoms with E-state index >= 15 is 0 Å². The number of rotatable bonds is 2. The Bertz CT molecular complexity index is 682. The molecule has 132 valence electrons. The van der Waals surface area contributed by atoms with Crippen molar-refractivity contribution in [3.05, 3.63) is 23.7 Å². The van der Waals surface area contributed by atoms with Crippen molar-refractivity contribution in [2.24, 2.45) is 16.9 Å². The van der Waals surface area contributed by atoms with Crippen LogP contribution in [0.4, 0.5) is 13.2 Å². The van der Waals surface area contributed by atoms with Crippen LogP contribution in [0.5, 0.6) is 0 Å². The van der Waals surface area contributed by atoms with Gasteiger partial charge in [0.25, 0.3) is 5.72 Å². The number of nitrogens with zero attached hydrogens (tertiary/aromatic N) is 2. The van der Waals surface area contributed by atoms with Crippen LogP contribution in [0.3, 0.4) is 0 Å². The number of alkyl halides is 3. The van der Waals surface area contributed by atoms with Gasteiger partial charge in [-0.25, -0.2) is 0 Å². The lowest BCUT2D eigenvalue weighted by Gasteiger charge is -2.39. The second kappa shape index (κ2) is 5.61. The Morgan fingerprint density at radius 3 is 2.75 bits per heavy atom. The summed E-state index contributed by atoms with van der Waals surface area (Å²) in [5.41, 5.74) is -3.09. The molecule has 1 aliphatic carbocycles. The number of fused-ring (bicyclic) bond motifs is 1. The Morgan fingerprint density at radius 2 is 2.21 bits per heavy atom. The van der Waals surface area contributed by atoms with Crippen molar-refractivity contribution in [1.82, 2.24) is 5.01 Å². The lowest BCUT2D eigenvalue weighted by atomic mass is 9.74. The second-order valence-electron chi connectivity index (χ2n) is 6.44. The lowest BCUT2D eigenvalue weighted by Crippen LogP contribution is -2.61. The maximum Gasteiger partial charge on any atom is 0.439 e. The topological polar surface area (TPSA) is 66.0 Å². The highest BCUT2D eigenvalue weighted by atomic mass is 19.4. The van der Waals surface area contributed by atoms with Crippen LogP contribution in [0, 0.1) is 18.8 Å². The summed E-state index contributed by atoms with van der Waals surface area (Å²) in [5.74, 6) is -2.12. The number of aliphatic hydroxyl groups is 1. The maximum absolute atomic E-state index is 13.7. The minimum Gasteiger partial charge on any atom is -0.456 e. The van der Waals surface area contributed by atoms with E-state index in [0.717, 1.165) is 6.42 Å². The first-order valence-corrected chi connectivity index (χ1v) is 7.96. The number of hydrogen-bond acceptors (Lipinski definition) is 4. The fourth-order valence-electron chi connectivity index (χ4n) is 3.52. The van der Waals surface area contributed by atoms with E-state index < -0.39 is 23.7 Å². The minimum atomic E-state index is -5.02. The van der Waals surface area contributed by atoms with Crippen LogP contribution in [0.2, 0.25) is 0 Å². The van der Waals surface area contributed by atoms with E-state index in [1.807, 2.05) is 6.92 Å². The van der Waals surface area contributed by atoms with Gasteiger partial charge in [-0.1, -0.05) is 13.3 Å². The summed E-state index contributed by atoms with van der Waals surface area (Å²) in [5, 5.41) is 14.6. The molecule has 0 radical (unpaired) electrons. The zero-order valence-corrected chi connectivity index (χ0v) is 13.4. The average molecular weight is 344 g/mol. The zero-order valence-electron chi connectivity index (χ0n) is 13.4. The number of hydrazone groups is 1. The van der Waals surface area contributed by atoms with E-state index in [9.17, 15) is 23.1 Å². The number of aryl methyl sites for hydroxylation is 1. The largest absolute Gasteiger partial charge is 0.456 e. The molecule has 3 atom stereocenters. The Hall–Kier alpha value is -1.83. The molecule has 0 unspecified atom stereocenters. The van der Waals surface area contributed by atoms with E-state index in [1.165, 1.54) is 12.1 Å². The second-order valence-corrected chi connectivity index (χ2v) is 6.44. The number of amides is 1. The van der Waals surface area contributed by atoms with Gasteiger partial charge in [-0.05, 0) is 44.2 Å². The first kappa shape index (κ1) is 17.0. The molecule has 2 aliphatic rings. The Kier molecular flexibility index (Phi) is 3.98. The number of halogens is 3. The third-order valence-corrected chi connectivity index (χ3v) is 4.96. The van der Waals surface area contributed by atoms with Crippen molar-refractivity contribution in [3.63, 3.8) is 0 Å². The first-order valence-electron chi connectivity index (χ1n) is 7.96. The predicted molar refractivity (Wildman–Crippen MR) is 79.2 cm³/mol. The smallest absolute Gasteiger partial charge is 0.439 e. The van der Waals surface area contributed by atoms with Gasteiger partial charge in [0, 0.05) is 5.71 Å². The van der Waals surface area contributed by atoms with Gasteiger partial charge in [-0.15, -0.1) is 0 Å². The summed E-state index contributed by atoms with van der Waals surface area (Å²) < 4.78 is 46.3. The Morgan fingerprint density at radius 1 is 1.50 bits per heavy atom. The standard InChI is InChI=1S/C16H19F3N2O3/c1-3-10-5-6-12-11(8-10)15(23,16(17,18)19)21(20-12)14(22)13-7-4-9(2)24-13/h4,7,10-11,23H,3,5-6,8H2,1-2H3/t10-,11-,15+/m1/s1. The van der Waals surface area contributed by atoms with Crippen LogP contribution in [0.15, 0.2) is 21.7 Å². The lowest BCUT2D eigenvalue weighted by molar-refractivity contribution is -0.313. The first-order chi connectivity index (χ1) is 11.2. The summed E-state index contributed by atoms with van der Waals surface area (Å²) in [6.45, 7) is 3.48. The molecule has 8 heteroatoms. The fourth-order valence-corrected chi connectivity index (χ4v) is 3.52. The Labute approximate surface area is 137 Å². The van der Waals surface area contributed by atoms with Crippen LogP contribution in [0.1, 0.15) is 48.9 Å². The van der Waals surface area contributed by atoms with E-state index in [4.69, 9.17) is 4.42 Å². The number of carbonyl (C=O) groups is 1. The zero-order chi connectivity index (χ0) is 17.7. The average Bonchev–Trinajstić information content (AvgIpc) is 3.08. The van der Waals surface area contributed by atoms with Crippen LogP contribution in [0.25, 0.3) is 0 Å². The molecule has 3 rings (SSSR count). The number of carbonyl (C=O) groups excluding carboxylic acids is 1. The molecule has 0 saturated heterocycles. The van der Waals surface area contributed by atoms with Gasteiger partial charge in [0.2, 0.25) is 0 Å². The third kappa shape index (κ3) is 2.44. The van der Waals surface area contributed by atoms with Crippen molar-refractivity contribution < 1.29 is 27.5 Å². The molecule has 0 bridgehead atoms. The number of furan rings is 1. The van der Waals surface area contributed by atoms with Crippen LogP contribution < -0.4 is 0 Å². The summed E-state index contributed by atoms with van der Waals surface area (Å²) in [7, 11) is 0. The summed E-state index contributed by atoms with van der Waals surface area (Å²) in [6, 6.07) is 2.76. The molecular weight excluding hydrogens is 325 g/mol. The maximum atomic E-state index is 13.7. The molecular formula is C16H19F3N2O3. The molecule has 1 aromatic heterocycles. The minimum absolute atomic E-state index is 0.0729. The SMILES string of the molecule is CC[C@@H]1CCC2=NN(C(=O)c3ccc(C)o3)[C@@](O)(C(F)(F)F)[C@@H]2C1. The molecule has 1 amide bonds. The monoisotopic (exact) mass is 344 g/mol. The summed E-state index contributed by atoms with van der Waals surface area (Å²) >= 11 is 0. The molecule has 0 spiro atoms. The molecule has 1 aromatic rings. The third-order valence-electron chi connectivity index (χ3n) is 4.96. The van der Waals surface area contributed by atoms with Gasteiger partial charge >= 0.3 is 12.1 Å². The highest BCUT2D eigenvalue weighted by molar-refractivity contribution is 5.98. The summed E-state index contributed by atoms with van der Waals surface area (Å²) in [4.78, 5) is 12.5.